The van der Waals surface area contributed by atoms with Crippen LogP contribution >= 0.6 is 0 Å². The van der Waals surface area contributed by atoms with E-state index in [1.807, 2.05) is 0 Å². The summed E-state index contributed by atoms with van der Waals surface area (Å²) in [4.78, 5) is 5.22. The average molecular weight is 332 g/mol. The Morgan fingerprint density at radius 3 is 2.50 bits per heavy atom. The van der Waals surface area contributed by atoms with Crippen LogP contribution in [0.1, 0.15) is 30.9 Å². The van der Waals surface area contributed by atoms with Gasteiger partial charge in [0.2, 0.25) is 0 Å². The van der Waals surface area contributed by atoms with Gasteiger partial charge < -0.3 is 9.47 Å². The molecule has 0 saturated carbocycles. The number of ether oxygens (including phenoxy) is 2. The molecule has 2 aliphatic heterocycles. The van der Waals surface area contributed by atoms with E-state index in [-0.39, 0.29) is 0 Å². The van der Waals surface area contributed by atoms with Gasteiger partial charge in [-0.05, 0) is 62.9 Å². The van der Waals surface area contributed by atoms with Gasteiger partial charge in [0.15, 0.2) is 0 Å². The van der Waals surface area contributed by atoms with Gasteiger partial charge in [0.1, 0.15) is 5.75 Å². The summed E-state index contributed by atoms with van der Waals surface area (Å²) < 4.78 is 10.8. The Bertz CT molecular complexity index is 520. The van der Waals surface area contributed by atoms with Crippen LogP contribution in [0, 0.1) is 12.8 Å². The predicted octanol–water partition coefficient (Wildman–Crippen LogP) is 2.94. The van der Waals surface area contributed by atoms with E-state index in [0.29, 0.717) is 6.04 Å². The third-order valence-electron chi connectivity index (χ3n) is 5.80. The molecule has 1 atom stereocenters. The van der Waals surface area contributed by atoms with Crippen molar-refractivity contribution in [2.75, 3.05) is 46.5 Å². The molecule has 1 aromatic rings. The molecule has 2 fully saturated rings. The van der Waals surface area contributed by atoms with Gasteiger partial charge in [-0.3, -0.25) is 9.80 Å². The van der Waals surface area contributed by atoms with Crippen LogP contribution in [0.3, 0.4) is 0 Å². The number of piperidine rings is 1. The molecular weight excluding hydrogens is 300 g/mol. The minimum Gasteiger partial charge on any atom is -0.496 e. The maximum atomic E-state index is 5.49. The highest BCUT2D eigenvalue weighted by Gasteiger charge is 2.28. The first kappa shape index (κ1) is 17.7. The molecule has 0 aliphatic carbocycles. The van der Waals surface area contributed by atoms with Gasteiger partial charge in [0.05, 0.1) is 20.3 Å². The van der Waals surface area contributed by atoms with Crippen molar-refractivity contribution in [2.45, 2.75) is 39.3 Å². The Labute approximate surface area is 146 Å². The maximum absolute atomic E-state index is 5.49. The first-order valence-electron chi connectivity index (χ1n) is 9.35. The highest BCUT2D eigenvalue weighted by atomic mass is 16.5. The Hall–Kier alpha value is -1.10. The van der Waals surface area contributed by atoms with Gasteiger partial charge in [-0.25, -0.2) is 0 Å². The van der Waals surface area contributed by atoms with Gasteiger partial charge in [-0.1, -0.05) is 12.1 Å². The van der Waals surface area contributed by atoms with Crippen LogP contribution in [0.4, 0.5) is 0 Å². The summed E-state index contributed by atoms with van der Waals surface area (Å²) in [6.45, 7) is 12.0. The number of benzene rings is 1. The van der Waals surface area contributed by atoms with E-state index in [2.05, 4.69) is 41.8 Å². The van der Waals surface area contributed by atoms with Crippen molar-refractivity contribution < 1.29 is 9.47 Å². The van der Waals surface area contributed by atoms with Crippen molar-refractivity contribution >= 4 is 0 Å². The predicted molar refractivity (Wildman–Crippen MR) is 97.6 cm³/mol. The molecule has 0 radical (unpaired) electrons. The van der Waals surface area contributed by atoms with Crippen LogP contribution < -0.4 is 4.74 Å². The van der Waals surface area contributed by atoms with E-state index in [9.17, 15) is 0 Å². The monoisotopic (exact) mass is 332 g/mol. The number of likely N-dealkylation sites (tertiary alicyclic amines) is 1. The van der Waals surface area contributed by atoms with E-state index < -0.39 is 0 Å². The first-order valence-corrected chi connectivity index (χ1v) is 9.35. The van der Waals surface area contributed by atoms with Crippen molar-refractivity contribution in [3.8, 4) is 5.75 Å². The number of rotatable bonds is 5. The van der Waals surface area contributed by atoms with Crippen molar-refractivity contribution in [3.63, 3.8) is 0 Å². The van der Waals surface area contributed by atoms with Crippen molar-refractivity contribution in [1.82, 2.24) is 9.80 Å². The molecule has 0 aromatic heterocycles. The second-order valence-electron chi connectivity index (χ2n) is 7.31. The molecule has 4 nitrogen and oxygen atoms in total. The molecule has 0 amide bonds. The summed E-state index contributed by atoms with van der Waals surface area (Å²) in [6, 6.07) is 7.26. The molecule has 3 rings (SSSR count). The summed E-state index contributed by atoms with van der Waals surface area (Å²) in [6.07, 6.45) is 2.63. The number of hydrogen-bond donors (Lipinski definition) is 0. The van der Waals surface area contributed by atoms with Crippen LogP contribution in [-0.2, 0) is 11.3 Å². The molecule has 1 aromatic carbocycles. The fraction of sp³-hybridized carbons (Fsp3) is 0.700. The Morgan fingerprint density at radius 2 is 1.88 bits per heavy atom. The summed E-state index contributed by atoms with van der Waals surface area (Å²) >= 11 is 0. The molecular formula is C20H32N2O2. The van der Waals surface area contributed by atoms with Crippen LogP contribution in [0.5, 0.6) is 5.75 Å². The lowest BCUT2D eigenvalue weighted by Crippen LogP contribution is -2.48. The van der Waals surface area contributed by atoms with Crippen molar-refractivity contribution in [2.24, 2.45) is 5.92 Å². The van der Waals surface area contributed by atoms with E-state index >= 15 is 0 Å². The average Bonchev–Trinajstić information content (AvgIpc) is 2.63. The second kappa shape index (κ2) is 8.32. The summed E-state index contributed by atoms with van der Waals surface area (Å²) in [7, 11) is 1.74. The van der Waals surface area contributed by atoms with E-state index in [4.69, 9.17) is 9.47 Å². The molecule has 0 bridgehead atoms. The fourth-order valence-corrected chi connectivity index (χ4v) is 4.17. The number of nitrogens with zero attached hydrogens (tertiary/aromatic N) is 2. The zero-order valence-corrected chi connectivity index (χ0v) is 15.5. The summed E-state index contributed by atoms with van der Waals surface area (Å²) in [5.74, 6) is 1.81. The summed E-state index contributed by atoms with van der Waals surface area (Å²) in [5.41, 5.74) is 2.62. The minimum atomic E-state index is 0.694. The molecule has 0 N–H and O–H groups in total. The molecule has 134 valence electrons. The van der Waals surface area contributed by atoms with Gasteiger partial charge in [-0.15, -0.1) is 0 Å². The normalized spacial score (nSPS) is 22.5. The minimum absolute atomic E-state index is 0.694. The highest BCUT2D eigenvalue weighted by Crippen LogP contribution is 2.26. The van der Waals surface area contributed by atoms with Gasteiger partial charge >= 0.3 is 0 Å². The van der Waals surface area contributed by atoms with E-state index in [0.717, 1.165) is 44.5 Å². The molecule has 2 aliphatic rings. The quantitative estimate of drug-likeness (QED) is 0.828. The van der Waals surface area contributed by atoms with Gasteiger partial charge in [0, 0.05) is 25.7 Å². The lowest BCUT2D eigenvalue weighted by Gasteiger charge is -2.41. The van der Waals surface area contributed by atoms with Crippen LogP contribution in [0.2, 0.25) is 0 Å². The molecule has 0 spiro atoms. The smallest absolute Gasteiger partial charge is 0.121 e. The molecule has 0 unspecified atom stereocenters. The largest absolute Gasteiger partial charge is 0.496 e. The first-order chi connectivity index (χ1) is 11.7. The highest BCUT2D eigenvalue weighted by molar-refractivity contribution is 5.36. The van der Waals surface area contributed by atoms with E-state index in [1.165, 1.54) is 37.1 Å². The van der Waals surface area contributed by atoms with Gasteiger partial charge in [0.25, 0.3) is 0 Å². The summed E-state index contributed by atoms with van der Waals surface area (Å²) in [5, 5.41) is 0. The maximum Gasteiger partial charge on any atom is 0.121 e. The Morgan fingerprint density at radius 1 is 1.17 bits per heavy atom. The number of aryl methyl sites for hydroxylation is 1. The topological polar surface area (TPSA) is 24.9 Å². The molecule has 2 saturated heterocycles. The Kier molecular flexibility index (Phi) is 6.14. The lowest BCUT2D eigenvalue weighted by atomic mass is 9.89. The fourth-order valence-electron chi connectivity index (χ4n) is 4.17. The molecule has 4 heteroatoms. The second-order valence-corrected chi connectivity index (χ2v) is 7.31. The lowest BCUT2D eigenvalue weighted by molar-refractivity contribution is -0.00192. The standard InChI is InChI=1S/C20H32N2O2/c1-16-14-18(4-5-20(16)23-3)15-21-8-6-19(7-9-21)17(2)22-10-12-24-13-11-22/h4-5,14,17,19H,6-13,15H2,1-3H3/t17-/m1/s1. The van der Waals surface area contributed by atoms with E-state index in [1.54, 1.807) is 7.11 Å². The third-order valence-corrected chi connectivity index (χ3v) is 5.80. The zero-order valence-electron chi connectivity index (χ0n) is 15.5. The zero-order chi connectivity index (χ0) is 16.9. The van der Waals surface area contributed by atoms with Crippen LogP contribution in [0.25, 0.3) is 0 Å². The number of methoxy groups -OCH3 is 1. The number of hydrogen-bond acceptors (Lipinski definition) is 4. The van der Waals surface area contributed by atoms with Crippen molar-refractivity contribution in [1.29, 1.82) is 0 Å². The van der Waals surface area contributed by atoms with Gasteiger partial charge in [-0.2, -0.15) is 0 Å². The Balaban J connectivity index is 1.49. The number of morpholine rings is 1. The molecule has 2 heterocycles. The SMILES string of the molecule is COc1ccc(CN2CCC([C@@H](C)N3CCOCC3)CC2)cc1C. The molecule has 24 heavy (non-hydrogen) atoms. The van der Waals surface area contributed by atoms with Crippen LogP contribution in [0.15, 0.2) is 18.2 Å². The van der Waals surface area contributed by atoms with Crippen LogP contribution in [-0.4, -0.2) is 62.3 Å². The van der Waals surface area contributed by atoms with Crippen molar-refractivity contribution in [3.05, 3.63) is 29.3 Å². The third kappa shape index (κ3) is 4.29.